The smallest absolute Gasteiger partial charge is 0.0332 e. The number of benzene rings is 1. The van der Waals surface area contributed by atoms with Crippen molar-refractivity contribution in [2.75, 3.05) is 26.2 Å². The van der Waals surface area contributed by atoms with Crippen LogP contribution in [-0.4, -0.2) is 31.1 Å². The van der Waals surface area contributed by atoms with Gasteiger partial charge in [0.25, 0.3) is 0 Å². The third-order valence-corrected chi connectivity index (χ3v) is 4.74. The molecule has 1 fully saturated rings. The van der Waals surface area contributed by atoms with Crippen molar-refractivity contribution in [3.05, 3.63) is 34.3 Å². The number of nitrogens with one attached hydrogen (secondary N) is 1. The maximum atomic E-state index is 3.62. The average Bonchev–Trinajstić information content (AvgIpc) is 2.75. The minimum absolute atomic E-state index is 0.469. The predicted molar refractivity (Wildman–Crippen MR) is 90.0 cm³/mol. The van der Waals surface area contributed by atoms with Gasteiger partial charge in [-0.1, -0.05) is 48.8 Å². The van der Waals surface area contributed by atoms with Gasteiger partial charge in [-0.3, -0.25) is 0 Å². The molecule has 1 aromatic rings. The third kappa shape index (κ3) is 4.57. The Balaban J connectivity index is 1.91. The van der Waals surface area contributed by atoms with Crippen LogP contribution >= 0.6 is 15.9 Å². The summed E-state index contributed by atoms with van der Waals surface area (Å²) in [7, 11) is 0. The molecule has 20 heavy (non-hydrogen) atoms. The van der Waals surface area contributed by atoms with E-state index in [-0.39, 0.29) is 0 Å². The van der Waals surface area contributed by atoms with Crippen LogP contribution in [0.1, 0.15) is 45.2 Å². The summed E-state index contributed by atoms with van der Waals surface area (Å²) >= 11 is 3.51. The summed E-state index contributed by atoms with van der Waals surface area (Å²) in [5.74, 6) is 0. The molecule has 2 nitrogen and oxygen atoms in total. The van der Waals surface area contributed by atoms with Gasteiger partial charge in [0.1, 0.15) is 0 Å². The molecule has 0 aromatic heterocycles. The van der Waals surface area contributed by atoms with Crippen LogP contribution in [0, 0.1) is 5.41 Å². The van der Waals surface area contributed by atoms with Crippen LogP contribution in [0.3, 0.4) is 0 Å². The van der Waals surface area contributed by atoms with E-state index in [9.17, 15) is 0 Å². The molecule has 0 amide bonds. The SMILES string of the molecule is CCNC(CCN1CCC(C)(C)C1)c1ccc(Br)cc1. The Morgan fingerprint density at radius 1 is 1.30 bits per heavy atom. The molecule has 0 aliphatic carbocycles. The number of hydrogen-bond acceptors (Lipinski definition) is 2. The Morgan fingerprint density at radius 3 is 2.55 bits per heavy atom. The second kappa shape index (κ2) is 7.06. The van der Waals surface area contributed by atoms with E-state index in [1.165, 1.54) is 38.0 Å². The lowest BCUT2D eigenvalue weighted by Crippen LogP contribution is -2.29. The highest BCUT2D eigenvalue weighted by Crippen LogP contribution is 2.29. The summed E-state index contributed by atoms with van der Waals surface area (Å²) in [4.78, 5) is 2.61. The molecule has 1 aliphatic rings. The van der Waals surface area contributed by atoms with Crippen molar-refractivity contribution in [2.45, 2.75) is 39.7 Å². The molecule has 1 saturated heterocycles. The largest absolute Gasteiger partial charge is 0.310 e. The van der Waals surface area contributed by atoms with E-state index in [0.29, 0.717) is 11.5 Å². The fourth-order valence-corrected chi connectivity index (χ4v) is 3.32. The van der Waals surface area contributed by atoms with Gasteiger partial charge in [0.15, 0.2) is 0 Å². The number of nitrogens with zero attached hydrogens (tertiary/aromatic N) is 1. The van der Waals surface area contributed by atoms with E-state index in [2.05, 4.69) is 71.2 Å². The van der Waals surface area contributed by atoms with E-state index in [1.54, 1.807) is 0 Å². The summed E-state index contributed by atoms with van der Waals surface area (Å²) in [5.41, 5.74) is 1.90. The molecule has 0 spiro atoms. The van der Waals surface area contributed by atoms with Crippen LogP contribution in [0.25, 0.3) is 0 Å². The van der Waals surface area contributed by atoms with E-state index in [4.69, 9.17) is 0 Å². The van der Waals surface area contributed by atoms with Gasteiger partial charge in [-0.25, -0.2) is 0 Å². The van der Waals surface area contributed by atoms with Gasteiger partial charge in [0.2, 0.25) is 0 Å². The summed E-state index contributed by atoms with van der Waals surface area (Å²) in [6.07, 6.45) is 2.52. The van der Waals surface area contributed by atoms with Crippen LogP contribution in [-0.2, 0) is 0 Å². The number of rotatable bonds is 6. The standard InChI is InChI=1S/C17H27BrN2/c1-4-19-16(14-5-7-15(18)8-6-14)9-11-20-12-10-17(2,3)13-20/h5-8,16,19H,4,9-13H2,1-3H3. The Morgan fingerprint density at radius 2 is 2.00 bits per heavy atom. The van der Waals surface area contributed by atoms with E-state index in [0.717, 1.165) is 11.0 Å². The zero-order valence-corrected chi connectivity index (χ0v) is 14.5. The van der Waals surface area contributed by atoms with Crippen molar-refractivity contribution in [3.8, 4) is 0 Å². The van der Waals surface area contributed by atoms with Crippen LogP contribution in [0.2, 0.25) is 0 Å². The molecule has 0 saturated carbocycles. The third-order valence-electron chi connectivity index (χ3n) is 4.21. The van der Waals surface area contributed by atoms with Crippen LogP contribution in [0.5, 0.6) is 0 Å². The molecule has 1 aliphatic heterocycles. The first-order chi connectivity index (χ1) is 9.50. The number of likely N-dealkylation sites (tertiary alicyclic amines) is 1. The molecule has 2 rings (SSSR count). The maximum Gasteiger partial charge on any atom is 0.0332 e. The second-order valence-electron chi connectivity index (χ2n) is 6.64. The lowest BCUT2D eigenvalue weighted by Gasteiger charge is -2.24. The highest BCUT2D eigenvalue weighted by atomic mass is 79.9. The molecule has 1 N–H and O–H groups in total. The van der Waals surface area contributed by atoms with Gasteiger partial charge in [0, 0.05) is 17.1 Å². The molecule has 3 heteroatoms. The van der Waals surface area contributed by atoms with E-state index < -0.39 is 0 Å². The molecule has 0 bridgehead atoms. The fourth-order valence-electron chi connectivity index (χ4n) is 3.05. The minimum atomic E-state index is 0.469. The van der Waals surface area contributed by atoms with Crippen molar-refractivity contribution >= 4 is 15.9 Å². The average molecular weight is 339 g/mol. The Bertz CT molecular complexity index is 414. The highest BCUT2D eigenvalue weighted by molar-refractivity contribution is 9.10. The number of hydrogen-bond donors (Lipinski definition) is 1. The Kier molecular flexibility index (Phi) is 5.65. The monoisotopic (exact) mass is 338 g/mol. The second-order valence-corrected chi connectivity index (χ2v) is 7.56. The summed E-state index contributed by atoms with van der Waals surface area (Å²) in [5, 5.41) is 3.62. The van der Waals surface area contributed by atoms with Crippen molar-refractivity contribution in [1.29, 1.82) is 0 Å². The molecule has 112 valence electrons. The molecular formula is C17H27BrN2. The zero-order valence-electron chi connectivity index (χ0n) is 13.0. The molecule has 0 radical (unpaired) electrons. The predicted octanol–water partition coefficient (Wildman–Crippen LogP) is 4.22. The first-order valence-electron chi connectivity index (χ1n) is 7.71. The van der Waals surface area contributed by atoms with Crippen molar-refractivity contribution in [1.82, 2.24) is 10.2 Å². The molecule has 1 atom stereocenters. The molecule has 1 aromatic carbocycles. The minimum Gasteiger partial charge on any atom is -0.310 e. The van der Waals surface area contributed by atoms with Gasteiger partial charge < -0.3 is 10.2 Å². The molecular weight excluding hydrogens is 312 g/mol. The van der Waals surface area contributed by atoms with Gasteiger partial charge in [-0.2, -0.15) is 0 Å². The van der Waals surface area contributed by atoms with E-state index in [1.807, 2.05) is 0 Å². The van der Waals surface area contributed by atoms with Crippen molar-refractivity contribution < 1.29 is 0 Å². The lowest BCUT2D eigenvalue weighted by atomic mass is 9.93. The Hall–Kier alpha value is -0.380. The first-order valence-corrected chi connectivity index (χ1v) is 8.51. The zero-order chi connectivity index (χ0) is 14.6. The maximum absolute atomic E-state index is 3.62. The van der Waals surface area contributed by atoms with Gasteiger partial charge in [0.05, 0.1) is 0 Å². The highest BCUT2D eigenvalue weighted by Gasteiger charge is 2.29. The fraction of sp³-hybridized carbons (Fsp3) is 0.647. The van der Waals surface area contributed by atoms with Crippen molar-refractivity contribution in [2.24, 2.45) is 5.41 Å². The van der Waals surface area contributed by atoms with E-state index >= 15 is 0 Å². The van der Waals surface area contributed by atoms with Gasteiger partial charge in [-0.05, 0) is 55.6 Å². The summed E-state index contributed by atoms with van der Waals surface area (Å²) in [6.45, 7) is 11.7. The summed E-state index contributed by atoms with van der Waals surface area (Å²) in [6, 6.07) is 9.20. The normalized spacial score (nSPS) is 20.2. The number of halogens is 1. The molecule has 1 unspecified atom stereocenters. The van der Waals surface area contributed by atoms with Crippen molar-refractivity contribution in [3.63, 3.8) is 0 Å². The van der Waals surface area contributed by atoms with Gasteiger partial charge >= 0.3 is 0 Å². The van der Waals surface area contributed by atoms with Crippen LogP contribution in [0.4, 0.5) is 0 Å². The van der Waals surface area contributed by atoms with Crippen LogP contribution in [0.15, 0.2) is 28.7 Å². The Labute approximate surface area is 132 Å². The first kappa shape index (κ1) is 16.0. The van der Waals surface area contributed by atoms with Crippen LogP contribution < -0.4 is 5.32 Å². The lowest BCUT2D eigenvalue weighted by molar-refractivity contribution is 0.274. The topological polar surface area (TPSA) is 15.3 Å². The quantitative estimate of drug-likeness (QED) is 0.835. The molecule has 1 heterocycles. The summed E-state index contributed by atoms with van der Waals surface area (Å²) < 4.78 is 1.15. The van der Waals surface area contributed by atoms with Gasteiger partial charge in [-0.15, -0.1) is 0 Å².